The van der Waals surface area contributed by atoms with Crippen molar-refractivity contribution in [1.82, 2.24) is 9.78 Å². The van der Waals surface area contributed by atoms with Gasteiger partial charge in [0.05, 0.1) is 16.3 Å². The van der Waals surface area contributed by atoms with Gasteiger partial charge in [0.15, 0.2) is 5.69 Å². The number of hydrogen-bond donors (Lipinski definition) is 3. The quantitative estimate of drug-likeness (QED) is 0.259. The molecule has 186 valence electrons. The molecule has 0 atom stereocenters. The van der Waals surface area contributed by atoms with E-state index in [9.17, 15) is 21.6 Å². The maximum absolute atomic E-state index is 13.1. The van der Waals surface area contributed by atoms with Crippen molar-refractivity contribution >= 4 is 28.1 Å². The van der Waals surface area contributed by atoms with E-state index in [2.05, 4.69) is 10.5 Å². The van der Waals surface area contributed by atoms with Crippen molar-refractivity contribution in [3.05, 3.63) is 96.2 Å². The van der Waals surface area contributed by atoms with E-state index in [1.165, 1.54) is 24.3 Å². The molecule has 5 N–H and O–H groups in total. The molecule has 0 saturated heterocycles. The Labute approximate surface area is 207 Å². The van der Waals surface area contributed by atoms with Gasteiger partial charge in [0, 0.05) is 11.3 Å². The number of alkyl halides is 3. The molecule has 1 heterocycles. The summed E-state index contributed by atoms with van der Waals surface area (Å²) in [5.41, 5.74) is 4.46. The van der Waals surface area contributed by atoms with Crippen LogP contribution < -0.4 is 16.4 Å². The number of nitrogen functional groups attached to an aromatic ring is 1. The Morgan fingerprint density at radius 1 is 0.914 bits per heavy atom. The lowest BCUT2D eigenvalue weighted by Gasteiger charge is -2.09. The van der Waals surface area contributed by atoms with E-state index in [0.717, 1.165) is 22.0 Å². The summed E-state index contributed by atoms with van der Waals surface area (Å²) >= 11 is 0. The molecule has 0 aliphatic heterocycles. The summed E-state index contributed by atoms with van der Waals surface area (Å²) in [4.78, 5) is -0.138. The number of halogens is 4. The van der Waals surface area contributed by atoms with Gasteiger partial charge in [0.1, 0.15) is 0 Å². The fraction of sp³-hybridized carbons (Fsp3) is 0.0870. The summed E-state index contributed by atoms with van der Waals surface area (Å²) in [6.45, 7) is 1.87. The highest BCUT2D eigenvalue weighted by atomic mass is 35.5. The first-order valence-corrected chi connectivity index (χ1v) is 11.4. The zero-order valence-electron chi connectivity index (χ0n) is 18.4. The average molecular weight is 526 g/mol. The van der Waals surface area contributed by atoms with Crippen LogP contribution in [-0.4, -0.2) is 18.2 Å². The van der Waals surface area contributed by atoms with Gasteiger partial charge in [-0.25, -0.2) is 18.2 Å². The van der Waals surface area contributed by atoms with Gasteiger partial charge in [0.2, 0.25) is 10.0 Å². The maximum Gasteiger partial charge on any atom is 0.435 e. The molecule has 0 radical (unpaired) electrons. The van der Waals surface area contributed by atoms with Gasteiger partial charge in [-0.3, -0.25) is 5.84 Å². The highest BCUT2D eigenvalue weighted by molar-refractivity contribution is 7.89. The lowest BCUT2D eigenvalue weighted by molar-refractivity contribution is -0.141. The van der Waals surface area contributed by atoms with E-state index in [4.69, 9.17) is 11.0 Å². The molecule has 0 aliphatic carbocycles. The van der Waals surface area contributed by atoms with Crippen molar-refractivity contribution in [2.24, 2.45) is 11.0 Å². The van der Waals surface area contributed by atoms with Gasteiger partial charge >= 0.3 is 6.18 Å². The number of hydrazine groups is 1. The van der Waals surface area contributed by atoms with Crippen LogP contribution in [0.5, 0.6) is 0 Å². The molecule has 0 fully saturated rings. The Balaban J connectivity index is 0.000000409. The van der Waals surface area contributed by atoms with E-state index >= 15 is 0 Å². The van der Waals surface area contributed by atoms with Crippen LogP contribution in [-0.2, 0) is 16.2 Å². The van der Waals surface area contributed by atoms with Gasteiger partial charge < -0.3 is 5.43 Å². The third kappa shape index (κ3) is 7.30. The number of rotatable bonds is 4. The third-order valence-corrected chi connectivity index (χ3v) is 5.63. The summed E-state index contributed by atoms with van der Waals surface area (Å²) in [5, 5.41) is 8.70. The minimum absolute atomic E-state index is 0. The second-order valence-corrected chi connectivity index (χ2v) is 8.80. The zero-order valence-corrected chi connectivity index (χ0v) is 20.0. The van der Waals surface area contributed by atoms with Crippen LogP contribution in [0.4, 0.5) is 18.9 Å². The van der Waals surface area contributed by atoms with Crippen molar-refractivity contribution in [1.29, 1.82) is 0 Å². The Hall–Kier alpha value is -3.38. The monoisotopic (exact) mass is 525 g/mol. The van der Waals surface area contributed by atoms with Crippen LogP contribution in [0, 0.1) is 6.92 Å². The van der Waals surface area contributed by atoms with Gasteiger partial charge in [0.25, 0.3) is 0 Å². The van der Waals surface area contributed by atoms with Gasteiger partial charge in [-0.05, 0) is 49.4 Å². The molecule has 1 aromatic heterocycles. The summed E-state index contributed by atoms with van der Waals surface area (Å²) < 4.78 is 63.2. The molecule has 4 rings (SSSR count). The Morgan fingerprint density at radius 3 is 1.94 bits per heavy atom. The van der Waals surface area contributed by atoms with E-state index in [-0.39, 0.29) is 28.7 Å². The summed E-state index contributed by atoms with van der Waals surface area (Å²) in [5.74, 6) is 5.10. The van der Waals surface area contributed by atoms with Gasteiger partial charge in [-0.2, -0.15) is 18.3 Å². The molecule has 12 heteroatoms. The van der Waals surface area contributed by atoms with E-state index in [1.54, 1.807) is 24.3 Å². The molecule has 0 amide bonds. The van der Waals surface area contributed by atoms with Crippen LogP contribution in [0.25, 0.3) is 16.9 Å². The number of aryl methyl sites for hydroxylation is 1. The Kier molecular flexibility index (Phi) is 9.05. The van der Waals surface area contributed by atoms with Crippen LogP contribution in [0.1, 0.15) is 11.3 Å². The molecule has 0 aliphatic rings. The standard InChI is InChI=1S/C17H14F3N3O2S.C6H8N2.ClH/c1-11-2-4-12(5-3-11)15-10-16(17(18,19)20)22-23(15)13-6-8-14(9-7-13)26(21,24)25;7-8-6-4-2-1-3-5-6;/h2-10H,1H3,(H2,21,24,25);1-5,8H,7H2;1H. The molecule has 0 unspecified atom stereocenters. The first-order valence-electron chi connectivity index (χ1n) is 9.88. The number of benzene rings is 3. The molecule has 0 bridgehead atoms. The minimum Gasteiger partial charge on any atom is -0.324 e. The van der Waals surface area contributed by atoms with Crippen molar-refractivity contribution in [3.8, 4) is 16.9 Å². The number of nitrogens with two attached hydrogens (primary N) is 2. The molecular formula is C23H23ClF3N5O2S. The summed E-state index contributed by atoms with van der Waals surface area (Å²) in [6, 6.07) is 22.7. The van der Waals surface area contributed by atoms with Crippen molar-refractivity contribution in [2.75, 3.05) is 5.43 Å². The number of hydrogen-bond acceptors (Lipinski definition) is 5. The Morgan fingerprint density at radius 2 is 1.49 bits per heavy atom. The van der Waals surface area contributed by atoms with Crippen LogP contribution in [0.15, 0.2) is 89.8 Å². The smallest absolute Gasteiger partial charge is 0.324 e. The first kappa shape index (κ1) is 27.9. The fourth-order valence-electron chi connectivity index (χ4n) is 2.96. The highest BCUT2D eigenvalue weighted by Gasteiger charge is 2.35. The normalized spacial score (nSPS) is 11.1. The number of nitrogens with one attached hydrogen (secondary N) is 1. The molecule has 35 heavy (non-hydrogen) atoms. The SMILES string of the molecule is Cc1ccc(-c2cc(C(F)(F)F)nn2-c2ccc(S(N)(=O)=O)cc2)cc1.Cl.NNc1ccccc1. The fourth-order valence-corrected chi connectivity index (χ4v) is 3.47. The molecule has 7 nitrogen and oxygen atoms in total. The minimum atomic E-state index is -4.61. The molecule has 3 aromatic carbocycles. The van der Waals surface area contributed by atoms with Crippen molar-refractivity contribution in [2.45, 2.75) is 18.0 Å². The number of sulfonamides is 1. The summed E-state index contributed by atoms with van der Waals surface area (Å²) in [6.07, 6.45) is -4.61. The molecule has 0 spiro atoms. The predicted octanol–water partition coefficient (Wildman–Crippen LogP) is 4.91. The largest absolute Gasteiger partial charge is 0.435 e. The number of primary sulfonamides is 1. The molecule has 4 aromatic rings. The number of aromatic nitrogens is 2. The molecule has 0 saturated carbocycles. The van der Waals surface area contributed by atoms with E-state index < -0.39 is 21.9 Å². The van der Waals surface area contributed by atoms with Crippen molar-refractivity contribution in [3.63, 3.8) is 0 Å². The van der Waals surface area contributed by atoms with Gasteiger partial charge in [-0.15, -0.1) is 12.4 Å². The average Bonchev–Trinajstić information content (AvgIpc) is 3.26. The second-order valence-electron chi connectivity index (χ2n) is 7.24. The number of para-hydroxylation sites is 1. The second kappa shape index (κ2) is 11.4. The zero-order chi connectivity index (χ0) is 24.9. The lowest BCUT2D eigenvalue weighted by atomic mass is 10.1. The van der Waals surface area contributed by atoms with Crippen molar-refractivity contribution < 1.29 is 21.6 Å². The third-order valence-electron chi connectivity index (χ3n) is 4.70. The lowest BCUT2D eigenvalue weighted by Crippen LogP contribution is -2.12. The predicted molar refractivity (Wildman–Crippen MR) is 132 cm³/mol. The number of anilines is 1. The number of nitrogens with zero attached hydrogens (tertiary/aromatic N) is 2. The van der Waals surface area contributed by atoms with Crippen LogP contribution >= 0.6 is 12.4 Å². The molecular weight excluding hydrogens is 503 g/mol. The topological polar surface area (TPSA) is 116 Å². The van der Waals surface area contributed by atoms with Gasteiger partial charge in [-0.1, -0.05) is 48.0 Å². The first-order chi connectivity index (χ1) is 16.0. The highest BCUT2D eigenvalue weighted by Crippen LogP contribution is 2.33. The van der Waals surface area contributed by atoms with Crippen LogP contribution in [0.3, 0.4) is 0 Å². The van der Waals surface area contributed by atoms with E-state index in [1.807, 2.05) is 37.3 Å². The Bertz CT molecular complexity index is 1340. The summed E-state index contributed by atoms with van der Waals surface area (Å²) in [7, 11) is -3.90. The maximum atomic E-state index is 13.1. The van der Waals surface area contributed by atoms with E-state index in [0.29, 0.717) is 5.56 Å². The van der Waals surface area contributed by atoms with Crippen LogP contribution in [0.2, 0.25) is 0 Å².